The Morgan fingerprint density at radius 2 is 2.00 bits per heavy atom. The first-order valence-electron chi connectivity index (χ1n) is 9.39. The molecule has 1 atom stereocenters. The van der Waals surface area contributed by atoms with Gasteiger partial charge in [0.1, 0.15) is 12.4 Å². The second-order valence-electron chi connectivity index (χ2n) is 6.78. The van der Waals surface area contributed by atoms with Crippen molar-refractivity contribution in [1.82, 2.24) is 15.1 Å². The molecule has 0 aliphatic rings. The van der Waals surface area contributed by atoms with Crippen LogP contribution in [0.2, 0.25) is 5.02 Å². The number of nitrogens with zero attached hydrogens (tertiary/aromatic N) is 2. The van der Waals surface area contributed by atoms with E-state index in [4.69, 9.17) is 16.3 Å². The maximum Gasteiger partial charge on any atom is 0.251 e. The normalized spacial score (nSPS) is 11.9. The number of carbonyl (C=O) groups is 1. The topological polar surface area (TPSA) is 56.2 Å². The summed E-state index contributed by atoms with van der Waals surface area (Å²) in [5, 5.41) is 8.02. The van der Waals surface area contributed by atoms with Crippen LogP contribution in [0.1, 0.15) is 47.1 Å². The quantitative estimate of drug-likeness (QED) is 0.476. The molecule has 29 heavy (non-hydrogen) atoms. The van der Waals surface area contributed by atoms with Crippen molar-refractivity contribution >= 4 is 33.4 Å². The van der Waals surface area contributed by atoms with Gasteiger partial charge >= 0.3 is 0 Å². The number of hydrogen-bond donors (Lipinski definition) is 1. The highest BCUT2D eigenvalue weighted by Gasteiger charge is 2.16. The van der Waals surface area contributed by atoms with Crippen LogP contribution in [-0.2, 0) is 13.2 Å². The van der Waals surface area contributed by atoms with Gasteiger partial charge in [0.25, 0.3) is 5.91 Å². The molecule has 1 unspecified atom stereocenters. The Bertz CT molecular complexity index is 1000. The van der Waals surface area contributed by atoms with Crippen LogP contribution in [-0.4, -0.2) is 15.7 Å². The standard InChI is InChI=1S/C22H23BrClN3O2/c1-4-27-12-19(15(3)26-27)14(2)25-22(28)17-7-5-16(6-8-17)13-29-21-10-9-18(23)11-20(21)24/h5-12,14H,4,13H2,1-3H3,(H,25,28). The summed E-state index contributed by atoms with van der Waals surface area (Å²) in [5.41, 5.74) is 3.51. The molecule has 0 bridgehead atoms. The van der Waals surface area contributed by atoms with Gasteiger partial charge in [0, 0.05) is 28.3 Å². The average molecular weight is 477 g/mol. The highest BCUT2D eigenvalue weighted by atomic mass is 79.9. The number of aromatic nitrogens is 2. The van der Waals surface area contributed by atoms with E-state index in [2.05, 4.69) is 26.3 Å². The van der Waals surface area contributed by atoms with E-state index in [0.29, 0.717) is 22.9 Å². The number of ether oxygens (including phenoxy) is 1. The molecule has 5 nitrogen and oxygen atoms in total. The third-order valence-corrected chi connectivity index (χ3v) is 5.42. The number of hydrogen-bond acceptors (Lipinski definition) is 3. The third kappa shape index (κ3) is 5.40. The molecule has 0 fully saturated rings. The maximum atomic E-state index is 12.6. The molecule has 3 aromatic rings. The molecule has 1 heterocycles. The average Bonchev–Trinajstić information content (AvgIpc) is 3.08. The fourth-order valence-corrected chi connectivity index (χ4v) is 3.71. The lowest BCUT2D eigenvalue weighted by Gasteiger charge is -2.14. The van der Waals surface area contributed by atoms with E-state index in [1.54, 1.807) is 18.2 Å². The molecule has 1 N–H and O–H groups in total. The molecule has 0 radical (unpaired) electrons. The number of amides is 1. The highest BCUT2D eigenvalue weighted by molar-refractivity contribution is 9.10. The van der Waals surface area contributed by atoms with Gasteiger partial charge in [0.15, 0.2) is 0 Å². The third-order valence-electron chi connectivity index (χ3n) is 4.63. The summed E-state index contributed by atoms with van der Waals surface area (Å²) in [5.74, 6) is 0.498. The Labute approximate surface area is 184 Å². The zero-order valence-electron chi connectivity index (χ0n) is 16.6. The van der Waals surface area contributed by atoms with Crippen LogP contribution < -0.4 is 10.1 Å². The van der Waals surface area contributed by atoms with Gasteiger partial charge in [-0.05, 0) is 56.7 Å². The van der Waals surface area contributed by atoms with Crippen LogP contribution in [0.4, 0.5) is 0 Å². The van der Waals surface area contributed by atoms with Crippen molar-refractivity contribution in [1.29, 1.82) is 0 Å². The first kappa shape index (κ1) is 21.4. The van der Waals surface area contributed by atoms with Crippen molar-refractivity contribution < 1.29 is 9.53 Å². The second kappa shape index (κ2) is 9.46. The first-order valence-corrected chi connectivity index (χ1v) is 10.6. The largest absolute Gasteiger partial charge is 0.487 e. The summed E-state index contributed by atoms with van der Waals surface area (Å²) in [6.07, 6.45) is 1.98. The van der Waals surface area contributed by atoms with Gasteiger partial charge in [-0.15, -0.1) is 0 Å². The Kier molecular flexibility index (Phi) is 6.98. The number of rotatable bonds is 7. The fourth-order valence-electron chi connectivity index (χ4n) is 2.98. The fraction of sp³-hybridized carbons (Fsp3) is 0.273. The van der Waals surface area contributed by atoms with E-state index >= 15 is 0 Å². The van der Waals surface area contributed by atoms with E-state index in [9.17, 15) is 4.79 Å². The van der Waals surface area contributed by atoms with Crippen LogP contribution >= 0.6 is 27.5 Å². The minimum Gasteiger partial charge on any atom is -0.487 e. The van der Waals surface area contributed by atoms with Crippen molar-refractivity contribution in [2.75, 3.05) is 0 Å². The van der Waals surface area contributed by atoms with Crippen LogP contribution in [0, 0.1) is 6.92 Å². The number of carbonyl (C=O) groups excluding carboxylic acids is 1. The van der Waals surface area contributed by atoms with Gasteiger partial charge in [-0.2, -0.15) is 5.10 Å². The van der Waals surface area contributed by atoms with E-state index in [0.717, 1.165) is 27.8 Å². The molecule has 0 spiro atoms. The number of nitrogens with one attached hydrogen (secondary N) is 1. The molecule has 0 saturated heterocycles. The maximum absolute atomic E-state index is 12.6. The van der Waals surface area contributed by atoms with Gasteiger partial charge in [-0.25, -0.2) is 0 Å². The molecule has 3 rings (SSSR count). The molecular weight excluding hydrogens is 454 g/mol. The zero-order valence-corrected chi connectivity index (χ0v) is 18.9. The Morgan fingerprint density at radius 3 is 2.62 bits per heavy atom. The molecular formula is C22H23BrClN3O2. The predicted molar refractivity (Wildman–Crippen MR) is 118 cm³/mol. The van der Waals surface area contributed by atoms with Crippen molar-refractivity contribution in [3.63, 3.8) is 0 Å². The Morgan fingerprint density at radius 1 is 1.28 bits per heavy atom. The molecule has 0 aliphatic heterocycles. The monoisotopic (exact) mass is 475 g/mol. The van der Waals surface area contributed by atoms with Crippen molar-refractivity contribution in [2.45, 2.75) is 40.0 Å². The molecule has 0 saturated carbocycles. The molecule has 1 amide bonds. The van der Waals surface area contributed by atoms with Gasteiger partial charge in [-0.1, -0.05) is 39.7 Å². The molecule has 2 aromatic carbocycles. The minimum absolute atomic E-state index is 0.120. The summed E-state index contributed by atoms with van der Waals surface area (Å²) in [6.45, 7) is 7.13. The van der Waals surface area contributed by atoms with Crippen LogP contribution in [0.15, 0.2) is 53.1 Å². The molecule has 0 aliphatic carbocycles. The second-order valence-corrected chi connectivity index (χ2v) is 8.10. The first-order chi connectivity index (χ1) is 13.9. The summed E-state index contributed by atoms with van der Waals surface area (Å²) >= 11 is 9.54. The lowest BCUT2D eigenvalue weighted by molar-refractivity contribution is 0.0939. The van der Waals surface area contributed by atoms with Crippen molar-refractivity contribution in [3.8, 4) is 5.75 Å². The summed E-state index contributed by atoms with van der Waals surface area (Å²) in [4.78, 5) is 12.6. The minimum atomic E-state index is -0.121. The van der Waals surface area contributed by atoms with Gasteiger partial charge < -0.3 is 10.1 Å². The van der Waals surface area contributed by atoms with E-state index < -0.39 is 0 Å². The molecule has 7 heteroatoms. The van der Waals surface area contributed by atoms with Crippen molar-refractivity contribution in [2.24, 2.45) is 0 Å². The number of aryl methyl sites for hydroxylation is 2. The van der Waals surface area contributed by atoms with Crippen LogP contribution in [0.5, 0.6) is 5.75 Å². The zero-order chi connectivity index (χ0) is 21.0. The Hall–Kier alpha value is -2.31. The summed E-state index contributed by atoms with van der Waals surface area (Å²) in [7, 11) is 0. The van der Waals surface area contributed by atoms with E-state index in [-0.39, 0.29) is 11.9 Å². The number of benzene rings is 2. The molecule has 1 aromatic heterocycles. The Balaban J connectivity index is 1.60. The number of halogens is 2. The predicted octanol–water partition coefficient (Wildman–Crippen LogP) is 5.70. The lowest BCUT2D eigenvalue weighted by atomic mass is 10.1. The lowest BCUT2D eigenvalue weighted by Crippen LogP contribution is -2.26. The van der Waals surface area contributed by atoms with E-state index in [1.165, 1.54) is 0 Å². The van der Waals surface area contributed by atoms with Gasteiger partial charge in [0.2, 0.25) is 0 Å². The van der Waals surface area contributed by atoms with Gasteiger partial charge in [0.05, 0.1) is 16.8 Å². The van der Waals surface area contributed by atoms with Crippen molar-refractivity contribution in [3.05, 3.63) is 80.5 Å². The summed E-state index contributed by atoms with van der Waals surface area (Å²) < 4.78 is 8.54. The smallest absolute Gasteiger partial charge is 0.251 e. The SMILES string of the molecule is CCn1cc(C(C)NC(=O)c2ccc(COc3ccc(Br)cc3Cl)cc2)c(C)n1. The highest BCUT2D eigenvalue weighted by Crippen LogP contribution is 2.28. The molecule has 152 valence electrons. The van der Waals surface area contributed by atoms with E-state index in [1.807, 2.05) is 55.9 Å². The van der Waals surface area contributed by atoms with Crippen LogP contribution in [0.3, 0.4) is 0 Å². The summed E-state index contributed by atoms with van der Waals surface area (Å²) in [6, 6.07) is 12.7. The van der Waals surface area contributed by atoms with Crippen LogP contribution in [0.25, 0.3) is 0 Å². The van der Waals surface area contributed by atoms with Gasteiger partial charge in [-0.3, -0.25) is 9.48 Å².